The first kappa shape index (κ1) is 21.3. The highest BCUT2D eigenvalue weighted by Crippen LogP contribution is 2.35. The third-order valence-electron chi connectivity index (χ3n) is 5.12. The van der Waals surface area contributed by atoms with E-state index < -0.39 is 5.97 Å². The molecule has 0 saturated carbocycles. The molecule has 7 nitrogen and oxygen atoms in total. The van der Waals surface area contributed by atoms with Crippen LogP contribution in [0.4, 0.5) is 0 Å². The van der Waals surface area contributed by atoms with Crippen molar-refractivity contribution < 1.29 is 14.7 Å². The third kappa shape index (κ3) is 4.42. The van der Waals surface area contributed by atoms with Gasteiger partial charge in [-0.25, -0.2) is 9.78 Å². The van der Waals surface area contributed by atoms with Crippen LogP contribution >= 0.6 is 23.1 Å². The molecule has 4 rings (SSSR count). The van der Waals surface area contributed by atoms with Gasteiger partial charge in [-0.2, -0.15) is 0 Å². The minimum absolute atomic E-state index is 0.0641. The average molecular weight is 456 g/mol. The first-order valence-corrected chi connectivity index (χ1v) is 11.7. The Kier molecular flexibility index (Phi) is 6.24. The fourth-order valence-electron chi connectivity index (χ4n) is 3.61. The van der Waals surface area contributed by atoms with E-state index in [9.17, 15) is 14.4 Å². The second-order valence-electron chi connectivity index (χ2n) is 7.20. The molecule has 0 fully saturated rings. The van der Waals surface area contributed by atoms with E-state index in [-0.39, 0.29) is 22.8 Å². The number of amides is 1. The van der Waals surface area contributed by atoms with Gasteiger partial charge in [0.2, 0.25) is 5.91 Å². The van der Waals surface area contributed by atoms with E-state index in [4.69, 9.17) is 10.1 Å². The maximum Gasteiger partial charge on any atom is 0.335 e. The molecule has 3 aromatic rings. The second-order valence-corrected chi connectivity index (χ2v) is 9.23. The molecule has 31 heavy (non-hydrogen) atoms. The van der Waals surface area contributed by atoms with E-state index >= 15 is 0 Å². The molecule has 2 N–H and O–H groups in total. The van der Waals surface area contributed by atoms with Crippen molar-refractivity contribution in [2.75, 3.05) is 5.75 Å². The molecule has 1 amide bonds. The predicted molar refractivity (Wildman–Crippen MR) is 122 cm³/mol. The Bertz CT molecular complexity index is 1230. The van der Waals surface area contributed by atoms with Gasteiger partial charge in [-0.05, 0) is 42.5 Å². The molecule has 0 aliphatic heterocycles. The number of nitrogens with one attached hydrogen (secondary N) is 1. The Morgan fingerprint density at radius 1 is 1.29 bits per heavy atom. The Hall–Kier alpha value is -2.91. The van der Waals surface area contributed by atoms with Gasteiger partial charge < -0.3 is 10.4 Å². The average Bonchev–Trinajstić information content (AvgIpc) is 3.34. The molecular weight excluding hydrogens is 434 g/mol. The summed E-state index contributed by atoms with van der Waals surface area (Å²) in [6.45, 7) is 4.38. The maximum absolute atomic E-state index is 13.1. The van der Waals surface area contributed by atoms with Gasteiger partial charge in [0, 0.05) is 18.0 Å². The summed E-state index contributed by atoms with van der Waals surface area (Å²) in [5.74, 6) is -1.06. The van der Waals surface area contributed by atoms with E-state index in [2.05, 4.69) is 11.9 Å². The van der Waals surface area contributed by atoms with E-state index in [1.54, 1.807) is 34.1 Å². The number of thiophene rings is 1. The lowest BCUT2D eigenvalue weighted by Gasteiger charge is -2.11. The smallest absolute Gasteiger partial charge is 0.335 e. The summed E-state index contributed by atoms with van der Waals surface area (Å²) in [6.07, 6.45) is 4.65. The Balaban J connectivity index is 1.46. The van der Waals surface area contributed by atoms with Gasteiger partial charge in [0.15, 0.2) is 5.16 Å². The van der Waals surface area contributed by atoms with E-state index in [0.717, 1.165) is 40.6 Å². The molecule has 2 heterocycles. The number of carboxylic acid groups (broad SMARTS) is 1. The molecule has 160 valence electrons. The van der Waals surface area contributed by atoms with Crippen LogP contribution in [0.1, 0.15) is 32.8 Å². The lowest BCUT2D eigenvalue weighted by atomic mass is 10.1. The molecule has 0 spiro atoms. The minimum Gasteiger partial charge on any atom is -0.478 e. The van der Waals surface area contributed by atoms with Crippen LogP contribution in [-0.4, -0.2) is 32.3 Å². The number of nitrogens with zero attached hydrogens (tertiary/aromatic N) is 2. The van der Waals surface area contributed by atoms with Crippen LogP contribution in [0.2, 0.25) is 0 Å². The minimum atomic E-state index is -0.988. The third-order valence-corrected chi connectivity index (χ3v) is 7.29. The van der Waals surface area contributed by atoms with Crippen molar-refractivity contribution in [3.63, 3.8) is 0 Å². The zero-order chi connectivity index (χ0) is 22.0. The summed E-state index contributed by atoms with van der Waals surface area (Å²) in [5, 5.41) is 13.0. The monoisotopic (exact) mass is 455 g/mol. The van der Waals surface area contributed by atoms with Crippen molar-refractivity contribution in [3.05, 3.63) is 68.8 Å². The molecule has 0 bridgehead atoms. The fraction of sp³-hybridized carbons (Fsp3) is 0.273. The second kappa shape index (κ2) is 9.07. The zero-order valence-corrected chi connectivity index (χ0v) is 18.4. The van der Waals surface area contributed by atoms with Crippen LogP contribution in [0.25, 0.3) is 10.2 Å². The highest BCUT2D eigenvalue weighted by atomic mass is 32.2. The van der Waals surface area contributed by atoms with Gasteiger partial charge in [-0.1, -0.05) is 30.0 Å². The summed E-state index contributed by atoms with van der Waals surface area (Å²) in [5.41, 5.74) is 2.08. The molecule has 0 unspecified atom stereocenters. The van der Waals surface area contributed by atoms with Crippen LogP contribution in [0.3, 0.4) is 0 Å². The maximum atomic E-state index is 13.1. The van der Waals surface area contributed by atoms with Crippen LogP contribution in [0.5, 0.6) is 0 Å². The highest BCUT2D eigenvalue weighted by Gasteiger charge is 2.23. The zero-order valence-electron chi connectivity index (χ0n) is 16.7. The van der Waals surface area contributed by atoms with E-state index in [1.807, 2.05) is 0 Å². The topological polar surface area (TPSA) is 101 Å². The molecule has 0 saturated heterocycles. The highest BCUT2D eigenvalue weighted by molar-refractivity contribution is 7.99. The molecule has 0 atom stereocenters. The molecule has 9 heteroatoms. The van der Waals surface area contributed by atoms with Crippen molar-refractivity contribution in [1.82, 2.24) is 14.9 Å². The van der Waals surface area contributed by atoms with Crippen molar-refractivity contribution in [2.24, 2.45) is 0 Å². The quantitative estimate of drug-likeness (QED) is 0.307. The summed E-state index contributed by atoms with van der Waals surface area (Å²) in [7, 11) is 0. The first-order chi connectivity index (χ1) is 15.0. The van der Waals surface area contributed by atoms with Gasteiger partial charge in [-0.3, -0.25) is 14.2 Å². The molecule has 1 aliphatic carbocycles. The predicted octanol–water partition coefficient (Wildman–Crippen LogP) is 3.24. The summed E-state index contributed by atoms with van der Waals surface area (Å²) >= 11 is 2.81. The van der Waals surface area contributed by atoms with Crippen molar-refractivity contribution >= 4 is 45.2 Å². The van der Waals surface area contributed by atoms with Crippen LogP contribution in [0.15, 0.2) is 46.9 Å². The normalized spacial score (nSPS) is 12.6. The molecule has 1 aliphatic rings. The lowest BCUT2D eigenvalue weighted by molar-refractivity contribution is -0.118. The van der Waals surface area contributed by atoms with Crippen molar-refractivity contribution in [3.8, 4) is 0 Å². The van der Waals surface area contributed by atoms with Crippen molar-refractivity contribution in [1.29, 1.82) is 0 Å². The number of aryl methyl sites for hydroxylation is 2. The van der Waals surface area contributed by atoms with Gasteiger partial charge in [-0.15, -0.1) is 17.9 Å². The number of carboxylic acids is 1. The number of rotatable bonds is 8. The van der Waals surface area contributed by atoms with Gasteiger partial charge in [0.05, 0.1) is 16.7 Å². The number of allylic oxidation sites excluding steroid dienone is 1. The number of benzene rings is 1. The fourth-order valence-corrected chi connectivity index (χ4v) is 5.75. The number of aromatic nitrogens is 2. The number of aromatic carboxylic acids is 1. The summed E-state index contributed by atoms with van der Waals surface area (Å²) in [6, 6.07) is 6.35. The Morgan fingerprint density at radius 2 is 2.06 bits per heavy atom. The van der Waals surface area contributed by atoms with Crippen molar-refractivity contribution in [2.45, 2.75) is 37.5 Å². The van der Waals surface area contributed by atoms with Gasteiger partial charge in [0.25, 0.3) is 5.56 Å². The molecule has 1 aromatic carbocycles. The molecular formula is C22H21N3O4S2. The van der Waals surface area contributed by atoms with Crippen LogP contribution < -0.4 is 10.9 Å². The standard InChI is InChI=1S/C22H21N3O4S2/c1-2-10-25-20(27)18-15-4-3-5-16(15)31-19(18)24-22(25)30-12-17(26)23-11-13-6-8-14(9-7-13)21(28)29/h2,6-9H,1,3-5,10-12H2,(H,23,26)(H,28,29). The molecule has 0 radical (unpaired) electrons. The van der Waals surface area contributed by atoms with Gasteiger partial charge in [0.1, 0.15) is 4.83 Å². The summed E-state index contributed by atoms with van der Waals surface area (Å²) in [4.78, 5) is 43.1. The van der Waals surface area contributed by atoms with E-state index in [0.29, 0.717) is 18.2 Å². The first-order valence-electron chi connectivity index (χ1n) is 9.85. The SMILES string of the molecule is C=CCn1c(SCC(=O)NCc2ccc(C(=O)O)cc2)nc2sc3c(c2c1=O)CCC3. The lowest BCUT2D eigenvalue weighted by Crippen LogP contribution is -2.26. The largest absolute Gasteiger partial charge is 0.478 e. The number of carbonyl (C=O) groups is 2. The number of hydrogen-bond donors (Lipinski definition) is 2. The van der Waals surface area contributed by atoms with Gasteiger partial charge >= 0.3 is 5.97 Å². The number of fused-ring (bicyclic) bond motifs is 3. The number of carbonyl (C=O) groups excluding carboxylic acids is 1. The Morgan fingerprint density at radius 3 is 2.77 bits per heavy atom. The van der Waals surface area contributed by atoms with E-state index in [1.165, 1.54) is 28.8 Å². The number of hydrogen-bond acceptors (Lipinski definition) is 6. The van der Waals surface area contributed by atoms with Crippen LogP contribution in [-0.2, 0) is 30.7 Å². The molecule has 2 aromatic heterocycles. The summed E-state index contributed by atoms with van der Waals surface area (Å²) < 4.78 is 1.59. The number of thioether (sulfide) groups is 1. The Labute approximate surface area is 186 Å². The van der Waals surface area contributed by atoms with Crippen LogP contribution in [0, 0.1) is 0 Å².